The average molecular weight is 473 g/mol. The Morgan fingerprint density at radius 2 is 1.41 bits per heavy atom. The summed E-state index contributed by atoms with van der Waals surface area (Å²) in [6, 6.07) is 4.94. The van der Waals surface area contributed by atoms with Gasteiger partial charge in [0.25, 0.3) is 11.8 Å². The maximum Gasteiger partial charge on any atom is 0.261 e. The summed E-state index contributed by atoms with van der Waals surface area (Å²) in [6.07, 6.45) is 0. The van der Waals surface area contributed by atoms with Gasteiger partial charge in [-0.1, -0.05) is 29.6 Å². The number of nitrogens with zero attached hydrogens (tertiary/aromatic N) is 4. The molecule has 164 valence electrons. The van der Waals surface area contributed by atoms with E-state index < -0.39 is 41.4 Å². The number of amidine groups is 2. The zero-order chi connectivity index (χ0) is 22.0. The van der Waals surface area contributed by atoms with E-state index in [4.69, 9.17) is 9.47 Å². The Morgan fingerprint density at radius 3 is 2.00 bits per heavy atom. The van der Waals surface area contributed by atoms with Gasteiger partial charge in [0.2, 0.25) is 18.6 Å². The summed E-state index contributed by atoms with van der Waals surface area (Å²) in [5.41, 5.74) is 0.462. The predicted molar refractivity (Wildman–Crippen MR) is 116 cm³/mol. The maximum absolute atomic E-state index is 13.4. The number of rotatable bonds is 3. The second kappa shape index (κ2) is 7.34. The van der Waals surface area contributed by atoms with Gasteiger partial charge < -0.3 is 9.47 Å². The largest absolute Gasteiger partial charge is 0.454 e. The fourth-order valence-corrected chi connectivity index (χ4v) is 6.48. The molecule has 0 aliphatic carbocycles. The molecule has 0 radical (unpaired) electrons. The van der Waals surface area contributed by atoms with Crippen LogP contribution < -0.4 is 9.47 Å². The molecular formula is C20H16N4O6S2. The number of hydrogen-bond donors (Lipinski definition) is 0. The van der Waals surface area contributed by atoms with Crippen LogP contribution in [0, 0.1) is 11.8 Å². The smallest absolute Gasteiger partial charge is 0.261 e. The summed E-state index contributed by atoms with van der Waals surface area (Å²) in [5, 5.41) is 0.747. The minimum atomic E-state index is -1.30. The van der Waals surface area contributed by atoms with Gasteiger partial charge in [-0.2, -0.15) is 9.98 Å². The number of carbonyl (C=O) groups excluding carboxylic acids is 4. The molecule has 2 unspecified atom stereocenters. The molecule has 2 saturated heterocycles. The van der Waals surface area contributed by atoms with Crippen molar-refractivity contribution in [2.75, 3.05) is 31.4 Å². The van der Waals surface area contributed by atoms with E-state index in [0.717, 1.165) is 0 Å². The van der Waals surface area contributed by atoms with Crippen molar-refractivity contribution in [1.29, 1.82) is 0 Å². The van der Waals surface area contributed by atoms with Crippen LogP contribution in [0.15, 0.2) is 28.2 Å². The van der Waals surface area contributed by atoms with E-state index in [1.807, 2.05) is 0 Å². The molecule has 0 saturated carbocycles. The zero-order valence-corrected chi connectivity index (χ0v) is 18.2. The molecule has 10 nitrogen and oxygen atoms in total. The van der Waals surface area contributed by atoms with Crippen LogP contribution in [-0.4, -0.2) is 75.2 Å². The molecule has 2 atom stereocenters. The summed E-state index contributed by atoms with van der Waals surface area (Å²) >= 11 is 2.68. The fraction of sp³-hybridized carbons (Fsp3) is 0.400. The topological polar surface area (TPSA) is 118 Å². The SMILES string of the molecule is O=C1N=C2SCCN2C(=O)C1C(c1ccc2c(c1)OCO2)C1C(=O)N=C2SCCN2C1=O. The normalized spacial score (nSPS) is 27.4. The van der Waals surface area contributed by atoms with Gasteiger partial charge in [-0.3, -0.25) is 29.0 Å². The van der Waals surface area contributed by atoms with Crippen LogP contribution in [0.1, 0.15) is 11.5 Å². The molecule has 1 aromatic carbocycles. The lowest BCUT2D eigenvalue weighted by molar-refractivity contribution is -0.145. The quantitative estimate of drug-likeness (QED) is 0.590. The van der Waals surface area contributed by atoms with Crippen LogP contribution in [0.2, 0.25) is 0 Å². The van der Waals surface area contributed by atoms with Crippen LogP contribution in [0.4, 0.5) is 0 Å². The lowest BCUT2D eigenvalue weighted by atomic mass is 9.73. The maximum atomic E-state index is 13.4. The third kappa shape index (κ3) is 2.89. The third-order valence-electron chi connectivity index (χ3n) is 6.06. The number of amides is 4. The van der Waals surface area contributed by atoms with Gasteiger partial charge in [0, 0.05) is 30.5 Å². The second-order valence-corrected chi connectivity index (χ2v) is 9.86. The van der Waals surface area contributed by atoms with Crippen LogP contribution in [-0.2, 0) is 19.2 Å². The van der Waals surface area contributed by atoms with Gasteiger partial charge in [0.1, 0.15) is 11.8 Å². The molecule has 5 aliphatic rings. The number of aliphatic imine (C=N–C) groups is 2. The Hall–Kier alpha value is -2.86. The van der Waals surface area contributed by atoms with Crippen LogP contribution >= 0.6 is 23.5 Å². The Kier molecular flexibility index (Phi) is 4.54. The molecule has 32 heavy (non-hydrogen) atoms. The standard InChI is InChI=1S/C20H16N4O6S2/c25-15-13(17(27)23-3-5-31-19(23)21-15)12(9-1-2-10-11(7-9)30-8-29-10)14-16(26)22-20-24(18(14)28)4-6-32-20/h1-2,7,12-14H,3-6,8H2. The van der Waals surface area contributed by atoms with E-state index >= 15 is 0 Å². The zero-order valence-electron chi connectivity index (χ0n) is 16.6. The molecule has 2 fully saturated rings. The first-order chi connectivity index (χ1) is 15.5. The van der Waals surface area contributed by atoms with E-state index in [-0.39, 0.29) is 6.79 Å². The number of carbonyl (C=O) groups is 4. The molecule has 5 heterocycles. The lowest BCUT2D eigenvalue weighted by Crippen LogP contribution is -2.53. The first kappa shape index (κ1) is 19.8. The molecule has 0 bridgehead atoms. The van der Waals surface area contributed by atoms with Gasteiger partial charge in [-0.05, 0) is 17.7 Å². The van der Waals surface area contributed by atoms with Gasteiger partial charge in [-0.15, -0.1) is 0 Å². The number of hydrogen-bond acceptors (Lipinski definition) is 8. The molecule has 12 heteroatoms. The molecular weight excluding hydrogens is 456 g/mol. The Labute approximate surface area is 190 Å². The Morgan fingerprint density at radius 1 is 0.844 bits per heavy atom. The highest BCUT2D eigenvalue weighted by molar-refractivity contribution is 8.14. The minimum Gasteiger partial charge on any atom is -0.454 e. The van der Waals surface area contributed by atoms with Crippen molar-refractivity contribution in [2.45, 2.75) is 5.92 Å². The highest BCUT2D eigenvalue weighted by atomic mass is 32.2. The van der Waals surface area contributed by atoms with Gasteiger partial charge in [0.15, 0.2) is 21.8 Å². The van der Waals surface area contributed by atoms with Crippen molar-refractivity contribution >= 4 is 57.5 Å². The first-order valence-electron chi connectivity index (χ1n) is 10.1. The van der Waals surface area contributed by atoms with E-state index in [9.17, 15) is 19.2 Å². The monoisotopic (exact) mass is 472 g/mol. The van der Waals surface area contributed by atoms with Crippen LogP contribution in [0.5, 0.6) is 11.5 Å². The van der Waals surface area contributed by atoms with E-state index in [0.29, 0.717) is 52.0 Å². The van der Waals surface area contributed by atoms with Crippen molar-refractivity contribution < 1.29 is 28.7 Å². The molecule has 4 amide bonds. The summed E-state index contributed by atoms with van der Waals surface area (Å²) < 4.78 is 10.8. The molecule has 6 rings (SSSR count). The van der Waals surface area contributed by atoms with E-state index in [1.165, 1.54) is 33.3 Å². The summed E-state index contributed by atoms with van der Waals surface area (Å²) in [5.74, 6) is -3.63. The third-order valence-corrected chi connectivity index (χ3v) is 7.97. The van der Waals surface area contributed by atoms with Gasteiger partial charge in [-0.25, -0.2) is 0 Å². The predicted octanol–water partition coefficient (Wildman–Crippen LogP) is 0.674. The van der Waals surface area contributed by atoms with Gasteiger partial charge in [0.05, 0.1) is 0 Å². The van der Waals surface area contributed by atoms with Crippen molar-refractivity contribution in [3.8, 4) is 11.5 Å². The van der Waals surface area contributed by atoms with Crippen LogP contribution in [0.25, 0.3) is 0 Å². The summed E-state index contributed by atoms with van der Waals surface area (Å²) in [4.78, 5) is 64.2. The van der Waals surface area contributed by atoms with Crippen molar-refractivity contribution in [1.82, 2.24) is 9.80 Å². The van der Waals surface area contributed by atoms with E-state index in [1.54, 1.807) is 18.2 Å². The number of ether oxygens (including phenoxy) is 2. The first-order valence-corrected chi connectivity index (χ1v) is 12.0. The molecule has 0 N–H and O–H groups in total. The Bertz CT molecular complexity index is 1090. The number of fused-ring (bicyclic) bond motifs is 3. The fourth-order valence-electron chi connectivity index (χ4n) is 4.58. The number of thioether (sulfide) groups is 2. The lowest BCUT2D eigenvalue weighted by Gasteiger charge is -2.36. The molecule has 0 spiro atoms. The summed E-state index contributed by atoms with van der Waals surface area (Å²) in [6.45, 7) is 0.901. The highest BCUT2D eigenvalue weighted by Gasteiger charge is 2.54. The van der Waals surface area contributed by atoms with Crippen molar-refractivity contribution in [3.63, 3.8) is 0 Å². The Balaban J connectivity index is 1.49. The summed E-state index contributed by atoms with van der Waals surface area (Å²) in [7, 11) is 0. The highest BCUT2D eigenvalue weighted by Crippen LogP contribution is 2.44. The molecule has 5 aliphatic heterocycles. The minimum absolute atomic E-state index is 0.0450. The van der Waals surface area contributed by atoms with Gasteiger partial charge >= 0.3 is 0 Å². The molecule has 0 aromatic heterocycles. The van der Waals surface area contributed by atoms with Crippen molar-refractivity contribution in [3.05, 3.63) is 23.8 Å². The van der Waals surface area contributed by atoms with E-state index in [2.05, 4.69) is 9.98 Å². The average Bonchev–Trinajstić information content (AvgIpc) is 3.52. The molecule has 1 aromatic rings. The number of benzene rings is 1. The van der Waals surface area contributed by atoms with Crippen LogP contribution in [0.3, 0.4) is 0 Å². The second-order valence-electron chi connectivity index (χ2n) is 7.74. The van der Waals surface area contributed by atoms with Crippen molar-refractivity contribution in [2.24, 2.45) is 21.8 Å².